The molecule has 2 saturated carbocycles. The molecule has 4 atom stereocenters. The van der Waals surface area contributed by atoms with E-state index >= 15 is 0 Å². The number of rotatable bonds is 4. The average molecular weight is 320 g/mol. The molecule has 0 saturated heterocycles. The predicted octanol–water partition coefficient (Wildman–Crippen LogP) is 2.62. The van der Waals surface area contributed by atoms with Crippen LogP contribution in [0.3, 0.4) is 0 Å². The van der Waals surface area contributed by atoms with Crippen LogP contribution in [0, 0.1) is 11.8 Å². The number of amides is 2. The van der Waals surface area contributed by atoms with E-state index in [1.54, 1.807) is 14.2 Å². The fourth-order valence-corrected chi connectivity index (χ4v) is 4.39. The molecule has 126 valence electrons. The van der Waals surface area contributed by atoms with Crippen molar-refractivity contribution in [2.45, 2.75) is 31.2 Å². The summed E-state index contributed by atoms with van der Waals surface area (Å²) in [4.78, 5) is 11.9. The molecule has 6 heteroatoms. The van der Waals surface area contributed by atoms with Crippen molar-refractivity contribution in [3.63, 3.8) is 0 Å². The Morgan fingerprint density at radius 3 is 2.57 bits per heavy atom. The molecular formula is C17H24N2O4. The van der Waals surface area contributed by atoms with E-state index in [-0.39, 0.29) is 12.0 Å². The minimum absolute atomic E-state index is 0.121. The first-order chi connectivity index (χ1) is 11.1. The van der Waals surface area contributed by atoms with Gasteiger partial charge in [-0.15, -0.1) is 0 Å². The number of nitrogens with one attached hydrogen (secondary N) is 1. The van der Waals surface area contributed by atoms with Gasteiger partial charge in [0.2, 0.25) is 0 Å². The van der Waals surface area contributed by atoms with Crippen LogP contribution in [-0.2, 0) is 0 Å². The standard InChI is InChI=1S/C17H24N2O4/c1-18-17(20)19(21)16-12-5-4-10(8-12)15(16)11-6-7-13(22-2)14(9-11)23-3/h6-7,9-10,12,15-16,21H,4-5,8H2,1-3H3,(H,18,20)/t10-,12-,15?,16?/m0/s1. The van der Waals surface area contributed by atoms with Gasteiger partial charge >= 0.3 is 6.03 Å². The highest BCUT2D eigenvalue weighted by atomic mass is 16.5. The van der Waals surface area contributed by atoms with Crippen LogP contribution < -0.4 is 14.8 Å². The third kappa shape index (κ3) is 2.61. The highest BCUT2D eigenvalue weighted by molar-refractivity contribution is 5.73. The molecule has 0 radical (unpaired) electrons. The van der Waals surface area contributed by atoms with Gasteiger partial charge in [0.15, 0.2) is 11.5 Å². The molecule has 6 nitrogen and oxygen atoms in total. The molecule has 2 unspecified atom stereocenters. The van der Waals surface area contributed by atoms with Crippen molar-refractivity contribution in [2.24, 2.45) is 11.8 Å². The van der Waals surface area contributed by atoms with E-state index in [0.29, 0.717) is 23.3 Å². The lowest BCUT2D eigenvalue weighted by Gasteiger charge is -2.36. The molecule has 2 fully saturated rings. The highest BCUT2D eigenvalue weighted by Crippen LogP contribution is 2.55. The first-order valence-electron chi connectivity index (χ1n) is 8.02. The smallest absolute Gasteiger partial charge is 0.341 e. The number of carbonyl (C=O) groups excluding carboxylic acids is 1. The maximum Gasteiger partial charge on any atom is 0.341 e. The molecule has 3 rings (SSSR count). The van der Waals surface area contributed by atoms with E-state index < -0.39 is 6.03 Å². The fraction of sp³-hybridized carbons (Fsp3) is 0.588. The Labute approximate surface area is 136 Å². The van der Waals surface area contributed by atoms with Crippen molar-refractivity contribution in [2.75, 3.05) is 21.3 Å². The first-order valence-corrected chi connectivity index (χ1v) is 8.02. The molecular weight excluding hydrogens is 296 g/mol. The summed E-state index contributed by atoms with van der Waals surface area (Å²) in [6, 6.07) is 5.23. The Balaban J connectivity index is 1.94. The average Bonchev–Trinajstić information content (AvgIpc) is 3.20. The number of fused-ring (bicyclic) bond motifs is 2. The molecule has 2 amide bonds. The molecule has 1 aromatic carbocycles. The van der Waals surface area contributed by atoms with Crippen LogP contribution in [0.2, 0.25) is 0 Å². The van der Waals surface area contributed by atoms with Gasteiger partial charge in [-0.2, -0.15) is 0 Å². The van der Waals surface area contributed by atoms with Crippen molar-refractivity contribution in [3.05, 3.63) is 23.8 Å². The van der Waals surface area contributed by atoms with Gasteiger partial charge in [-0.3, -0.25) is 5.21 Å². The Morgan fingerprint density at radius 1 is 1.22 bits per heavy atom. The second-order valence-corrected chi connectivity index (χ2v) is 6.36. The number of methoxy groups -OCH3 is 2. The zero-order valence-corrected chi connectivity index (χ0v) is 13.8. The molecule has 2 N–H and O–H groups in total. The lowest BCUT2D eigenvalue weighted by molar-refractivity contribution is -0.0979. The van der Waals surface area contributed by atoms with Crippen LogP contribution in [0.1, 0.15) is 30.7 Å². The summed E-state index contributed by atoms with van der Waals surface area (Å²) in [6.07, 6.45) is 3.26. The first kappa shape index (κ1) is 15.9. The van der Waals surface area contributed by atoms with Crippen LogP contribution in [0.25, 0.3) is 0 Å². The SMILES string of the molecule is CNC(=O)N(O)C1C(c2ccc(OC)c(OC)c2)[C@H]2CC[C@H]1C2. The maximum absolute atomic E-state index is 11.9. The van der Waals surface area contributed by atoms with E-state index in [1.807, 2.05) is 18.2 Å². The summed E-state index contributed by atoms with van der Waals surface area (Å²) in [5.74, 6) is 2.32. The second kappa shape index (κ2) is 6.28. The molecule has 0 heterocycles. The number of benzene rings is 1. The molecule has 1 aromatic rings. The summed E-state index contributed by atoms with van der Waals surface area (Å²) in [5.41, 5.74) is 1.09. The largest absolute Gasteiger partial charge is 0.493 e. The summed E-state index contributed by atoms with van der Waals surface area (Å²) < 4.78 is 10.7. The molecule has 2 aliphatic carbocycles. The summed E-state index contributed by atoms with van der Waals surface area (Å²) in [7, 11) is 4.76. The van der Waals surface area contributed by atoms with Crippen molar-refractivity contribution in [3.8, 4) is 11.5 Å². The van der Waals surface area contributed by atoms with E-state index in [1.165, 1.54) is 7.05 Å². The molecule has 2 bridgehead atoms. The summed E-state index contributed by atoms with van der Waals surface area (Å²) in [6.45, 7) is 0. The number of hydroxylamine groups is 2. The van der Waals surface area contributed by atoms with Gasteiger partial charge in [-0.25, -0.2) is 9.86 Å². The molecule has 0 aliphatic heterocycles. The number of carbonyl (C=O) groups is 1. The fourth-order valence-electron chi connectivity index (χ4n) is 4.39. The zero-order valence-electron chi connectivity index (χ0n) is 13.8. The Morgan fingerprint density at radius 2 is 1.91 bits per heavy atom. The van der Waals surface area contributed by atoms with Gasteiger partial charge in [0.25, 0.3) is 0 Å². The van der Waals surface area contributed by atoms with Gasteiger partial charge in [0.1, 0.15) is 0 Å². The molecule has 0 aromatic heterocycles. The van der Waals surface area contributed by atoms with Crippen molar-refractivity contribution in [1.29, 1.82) is 0 Å². The van der Waals surface area contributed by atoms with Crippen molar-refractivity contribution < 1.29 is 19.5 Å². The third-order valence-corrected chi connectivity index (χ3v) is 5.37. The molecule has 0 spiro atoms. The van der Waals surface area contributed by atoms with Gasteiger partial charge in [0.05, 0.1) is 20.3 Å². The number of urea groups is 1. The Bertz CT molecular complexity index is 592. The number of hydrogen-bond donors (Lipinski definition) is 2. The Hall–Kier alpha value is -1.95. The number of nitrogens with zero attached hydrogens (tertiary/aromatic N) is 1. The topological polar surface area (TPSA) is 71.0 Å². The quantitative estimate of drug-likeness (QED) is 0.661. The van der Waals surface area contributed by atoms with Crippen molar-refractivity contribution >= 4 is 6.03 Å². The maximum atomic E-state index is 11.9. The number of hydrogen-bond acceptors (Lipinski definition) is 4. The van der Waals surface area contributed by atoms with Gasteiger partial charge in [-0.1, -0.05) is 6.07 Å². The van der Waals surface area contributed by atoms with Crippen LogP contribution in [0.4, 0.5) is 4.79 Å². The van der Waals surface area contributed by atoms with E-state index in [9.17, 15) is 10.0 Å². The van der Waals surface area contributed by atoms with Crippen LogP contribution in [0.15, 0.2) is 18.2 Å². The normalized spacial score (nSPS) is 28.5. The number of ether oxygens (including phenoxy) is 2. The van der Waals surface area contributed by atoms with Crippen LogP contribution >= 0.6 is 0 Å². The lowest BCUT2D eigenvalue weighted by atomic mass is 9.79. The van der Waals surface area contributed by atoms with Crippen LogP contribution in [0.5, 0.6) is 11.5 Å². The Kier molecular flexibility index (Phi) is 4.35. The molecule has 2 aliphatic rings. The van der Waals surface area contributed by atoms with E-state index in [0.717, 1.165) is 29.9 Å². The zero-order chi connectivity index (χ0) is 16.6. The predicted molar refractivity (Wildman–Crippen MR) is 85.0 cm³/mol. The minimum atomic E-state index is -0.451. The van der Waals surface area contributed by atoms with Crippen LogP contribution in [-0.4, -0.2) is 43.6 Å². The van der Waals surface area contributed by atoms with E-state index in [2.05, 4.69) is 5.32 Å². The van der Waals surface area contributed by atoms with Gasteiger partial charge in [0, 0.05) is 13.0 Å². The second-order valence-electron chi connectivity index (χ2n) is 6.36. The summed E-state index contributed by atoms with van der Waals surface area (Å²) in [5, 5.41) is 13.8. The van der Waals surface area contributed by atoms with Gasteiger partial charge in [-0.05, 0) is 48.8 Å². The van der Waals surface area contributed by atoms with E-state index in [4.69, 9.17) is 9.47 Å². The monoisotopic (exact) mass is 320 g/mol. The minimum Gasteiger partial charge on any atom is -0.493 e. The van der Waals surface area contributed by atoms with Gasteiger partial charge < -0.3 is 14.8 Å². The third-order valence-electron chi connectivity index (χ3n) is 5.37. The van der Waals surface area contributed by atoms with Crippen molar-refractivity contribution in [1.82, 2.24) is 10.4 Å². The highest BCUT2D eigenvalue weighted by Gasteiger charge is 2.51. The lowest BCUT2D eigenvalue weighted by Crippen LogP contribution is -2.48. The summed E-state index contributed by atoms with van der Waals surface area (Å²) >= 11 is 0. The molecule has 23 heavy (non-hydrogen) atoms.